The van der Waals surface area contributed by atoms with Gasteiger partial charge in [0.2, 0.25) is 0 Å². The fourth-order valence-corrected chi connectivity index (χ4v) is 3.77. The molecular formula is C18H20N8O2S2. The number of anilines is 1. The minimum Gasteiger partial charge on any atom is -0.383 e. The third-order valence-corrected chi connectivity index (χ3v) is 5.49. The highest BCUT2D eigenvalue weighted by molar-refractivity contribution is 7.98. The molecular weight excluding hydrogens is 424 g/mol. The van der Waals surface area contributed by atoms with Crippen LogP contribution >= 0.6 is 23.5 Å². The Morgan fingerprint density at radius 2 is 2.10 bits per heavy atom. The molecule has 3 heterocycles. The third-order valence-electron chi connectivity index (χ3n) is 4.38. The first-order valence-electron chi connectivity index (χ1n) is 9.20. The van der Waals surface area contributed by atoms with Gasteiger partial charge in [-0.1, -0.05) is 11.8 Å². The zero-order chi connectivity index (χ0) is 20.9. The summed E-state index contributed by atoms with van der Waals surface area (Å²) in [5, 5.41) is 12.1. The molecule has 0 spiro atoms. The maximum atomic E-state index is 12.5. The Balaban J connectivity index is 1.45. The van der Waals surface area contributed by atoms with Crippen molar-refractivity contribution in [1.29, 1.82) is 0 Å². The molecule has 3 aromatic heterocycles. The highest BCUT2D eigenvalue weighted by atomic mass is 32.2. The van der Waals surface area contributed by atoms with Crippen LogP contribution in [0.3, 0.4) is 0 Å². The lowest BCUT2D eigenvalue weighted by Gasteiger charge is -2.09. The molecule has 156 valence electrons. The van der Waals surface area contributed by atoms with Crippen molar-refractivity contribution in [1.82, 2.24) is 33.8 Å². The molecule has 0 aliphatic carbocycles. The fourth-order valence-electron chi connectivity index (χ4n) is 2.90. The number of amides is 1. The van der Waals surface area contributed by atoms with Gasteiger partial charge in [-0.15, -0.1) is 0 Å². The number of hydrogen-bond acceptors (Lipinski definition) is 10. The van der Waals surface area contributed by atoms with Crippen LogP contribution in [0, 0.1) is 0 Å². The number of aromatic nitrogens is 6. The number of nitrogens with zero attached hydrogens (tertiary/aromatic N) is 6. The van der Waals surface area contributed by atoms with E-state index in [9.17, 15) is 4.79 Å². The highest BCUT2D eigenvalue weighted by Gasteiger charge is 2.13. The lowest BCUT2D eigenvalue weighted by atomic mass is 10.2. The second-order valence-corrected chi connectivity index (χ2v) is 7.61. The molecule has 0 bridgehead atoms. The SMILES string of the molecule is COCCNc1nc(SC)nc2c1cnn2CCNC(=O)c1ccc2nsnc2c1. The van der Waals surface area contributed by atoms with Gasteiger partial charge in [0.05, 0.1) is 36.5 Å². The summed E-state index contributed by atoms with van der Waals surface area (Å²) in [6.07, 6.45) is 3.66. The second-order valence-electron chi connectivity index (χ2n) is 6.31. The average Bonchev–Trinajstić information content (AvgIpc) is 3.40. The third kappa shape index (κ3) is 4.35. The van der Waals surface area contributed by atoms with E-state index in [4.69, 9.17) is 4.74 Å². The minimum atomic E-state index is -0.164. The van der Waals surface area contributed by atoms with Gasteiger partial charge in [0.15, 0.2) is 10.8 Å². The van der Waals surface area contributed by atoms with Crippen LogP contribution in [-0.2, 0) is 11.3 Å². The number of carbonyl (C=O) groups is 1. The predicted molar refractivity (Wildman–Crippen MR) is 117 cm³/mol. The van der Waals surface area contributed by atoms with Gasteiger partial charge in [-0.25, -0.2) is 14.6 Å². The van der Waals surface area contributed by atoms with E-state index in [1.165, 1.54) is 11.8 Å². The number of nitrogens with one attached hydrogen (secondary N) is 2. The molecule has 4 rings (SSSR count). The Kier molecular flexibility index (Phi) is 6.35. The normalized spacial score (nSPS) is 11.3. The summed E-state index contributed by atoms with van der Waals surface area (Å²) < 4.78 is 15.2. The summed E-state index contributed by atoms with van der Waals surface area (Å²) in [4.78, 5) is 21.6. The first-order valence-corrected chi connectivity index (χ1v) is 11.2. The number of thioether (sulfide) groups is 1. The molecule has 0 aliphatic rings. The number of hydrogen-bond donors (Lipinski definition) is 2. The number of benzene rings is 1. The predicted octanol–water partition coefficient (Wildman–Crippen LogP) is 2.04. The van der Waals surface area contributed by atoms with Gasteiger partial charge in [0.1, 0.15) is 16.9 Å². The number of rotatable bonds is 9. The number of methoxy groups -OCH3 is 1. The van der Waals surface area contributed by atoms with Gasteiger partial charge in [-0.3, -0.25) is 4.79 Å². The minimum absolute atomic E-state index is 0.164. The van der Waals surface area contributed by atoms with Gasteiger partial charge in [-0.2, -0.15) is 13.8 Å². The molecule has 30 heavy (non-hydrogen) atoms. The molecule has 1 aromatic carbocycles. The molecule has 0 saturated carbocycles. The zero-order valence-corrected chi connectivity index (χ0v) is 18.1. The van der Waals surface area contributed by atoms with E-state index in [1.807, 2.05) is 6.26 Å². The van der Waals surface area contributed by atoms with E-state index in [0.29, 0.717) is 37.0 Å². The summed E-state index contributed by atoms with van der Waals surface area (Å²) in [5.41, 5.74) is 2.79. The molecule has 0 fully saturated rings. The van der Waals surface area contributed by atoms with Crippen molar-refractivity contribution in [2.45, 2.75) is 11.7 Å². The largest absolute Gasteiger partial charge is 0.383 e. The molecule has 2 N–H and O–H groups in total. The summed E-state index contributed by atoms with van der Waals surface area (Å²) in [6, 6.07) is 5.29. The zero-order valence-electron chi connectivity index (χ0n) is 16.5. The lowest BCUT2D eigenvalue weighted by molar-refractivity contribution is 0.0952. The van der Waals surface area contributed by atoms with Gasteiger partial charge in [0.25, 0.3) is 5.91 Å². The number of ether oxygens (including phenoxy) is 1. The first kappa shape index (κ1) is 20.4. The molecule has 4 aromatic rings. The van der Waals surface area contributed by atoms with Crippen LogP contribution in [-0.4, -0.2) is 67.5 Å². The van der Waals surface area contributed by atoms with E-state index >= 15 is 0 Å². The van der Waals surface area contributed by atoms with Crippen molar-refractivity contribution >= 4 is 57.3 Å². The van der Waals surface area contributed by atoms with E-state index in [2.05, 4.69) is 34.4 Å². The molecule has 0 radical (unpaired) electrons. The Bertz CT molecular complexity index is 1180. The van der Waals surface area contributed by atoms with Crippen molar-refractivity contribution in [3.63, 3.8) is 0 Å². The lowest BCUT2D eigenvalue weighted by Crippen LogP contribution is -2.27. The smallest absolute Gasteiger partial charge is 0.251 e. The van der Waals surface area contributed by atoms with Crippen molar-refractivity contribution in [3.8, 4) is 0 Å². The van der Waals surface area contributed by atoms with Crippen LogP contribution in [0.25, 0.3) is 22.1 Å². The monoisotopic (exact) mass is 444 g/mol. The Morgan fingerprint density at radius 3 is 2.93 bits per heavy atom. The summed E-state index contributed by atoms with van der Waals surface area (Å²) in [7, 11) is 1.66. The Morgan fingerprint density at radius 1 is 1.23 bits per heavy atom. The van der Waals surface area contributed by atoms with E-state index < -0.39 is 0 Å². The van der Waals surface area contributed by atoms with E-state index in [1.54, 1.807) is 36.2 Å². The van der Waals surface area contributed by atoms with Crippen LogP contribution < -0.4 is 10.6 Å². The summed E-state index contributed by atoms with van der Waals surface area (Å²) >= 11 is 2.59. The first-order chi connectivity index (χ1) is 14.7. The van der Waals surface area contributed by atoms with Crippen LogP contribution in [0.4, 0.5) is 5.82 Å². The number of fused-ring (bicyclic) bond motifs is 2. The number of carbonyl (C=O) groups excluding carboxylic acids is 1. The maximum absolute atomic E-state index is 12.5. The van der Waals surface area contributed by atoms with Crippen LogP contribution in [0.1, 0.15) is 10.4 Å². The molecule has 0 unspecified atom stereocenters. The molecule has 1 amide bonds. The summed E-state index contributed by atoms with van der Waals surface area (Å²) in [5.74, 6) is 0.560. The quantitative estimate of drug-likeness (QED) is 0.227. The van der Waals surface area contributed by atoms with Gasteiger partial charge < -0.3 is 15.4 Å². The van der Waals surface area contributed by atoms with Crippen molar-refractivity contribution in [3.05, 3.63) is 30.0 Å². The Labute approximate surface area is 180 Å². The van der Waals surface area contributed by atoms with E-state index in [0.717, 1.165) is 39.6 Å². The highest BCUT2D eigenvalue weighted by Crippen LogP contribution is 2.23. The van der Waals surface area contributed by atoms with Gasteiger partial charge >= 0.3 is 0 Å². The van der Waals surface area contributed by atoms with Gasteiger partial charge in [-0.05, 0) is 24.5 Å². The van der Waals surface area contributed by atoms with Crippen LogP contribution in [0.2, 0.25) is 0 Å². The van der Waals surface area contributed by atoms with Gasteiger partial charge in [0, 0.05) is 25.8 Å². The summed E-state index contributed by atoms with van der Waals surface area (Å²) in [6.45, 7) is 2.10. The van der Waals surface area contributed by atoms with Crippen LogP contribution in [0.15, 0.2) is 29.6 Å². The fraction of sp³-hybridized carbons (Fsp3) is 0.333. The molecule has 12 heteroatoms. The van der Waals surface area contributed by atoms with Crippen molar-refractivity contribution < 1.29 is 9.53 Å². The topological polar surface area (TPSA) is 120 Å². The standard InChI is InChI=1S/C18H20N8O2S2/c1-28-8-6-19-15-12-10-21-26(16(12)23-18(22-15)29-2)7-5-20-17(27)11-3-4-13-14(9-11)25-30-24-13/h3-4,9-10H,5-8H2,1-2H3,(H,20,27)(H,19,22,23). The van der Waals surface area contributed by atoms with E-state index in [-0.39, 0.29) is 5.91 Å². The maximum Gasteiger partial charge on any atom is 0.251 e. The average molecular weight is 445 g/mol. The van der Waals surface area contributed by atoms with Crippen molar-refractivity contribution in [2.24, 2.45) is 0 Å². The Hall–Kier alpha value is -2.83. The molecule has 0 atom stereocenters. The van der Waals surface area contributed by atoms with Crippen molar-refractivity contribution in [2.75, 3.05) is 38.4 Å². The second kappa shape index (κ2) is 9.32. The molecule has 0 saturated heterocycles. The molecule has 0 aliphatic heterocycles. The van der Waals surface area contributed by atoms with Crippen LogP contribution in [0.5, 0.6) is 0 Å². The molecule has 10 nitrogen and oxygen atoms in total.